The summed E-state index contributed by atoms with van der Waals surface area (Å²) in [6.45, 7) is 0. The van der Waals surface area contributed by atoms with Crippen LogP contribution >= 0.6 is 23.6 Å². The molecular weight excluding hydrogens is 252 g/mol. The number of amides is 1. The van der Waals surface area contributed by atoms with Gasteiger partial charge >= 0.3 is 0 Å². The summed E-state index contributed by atoms with van der Waals surface area (Å²) < 4.78 is 1.24. The second kappa shape index (κ2) is 3.94. The van der Waals surface area contributed by atoms with Crippen LogP contribution in [0.2, 0.25) is 0 Å². The second-order valence-corrected chi connectivity index (χ2v) is 5.04. The van der Waals surface area contributed by atoms with Gasteiger partial charge in [-0.3, -0.25) is 10.1 Å². The van der Waals surface area contributed by atoms with E-state index >= 15 is 0 Å². The van der Waals surface area contributed by atoms with Crippen molar-refractivity contribution in [3.05, 3.63) is 40.9 Å². The quantitative estimate of drug-likeness (QED) is 0.610. The normalized spacial score (nSPS) is 17.5. The number of carbonyl (C=O) groups excluding carboxylic acids is 1. The third-order valence-corrected chi connectivity index (χ3v) is 3.61. The first kappa shape index (κ1) is 10.4. The van der Waals surface area contributed by atoms with E-state index in [1.165, 1.54) is 10.1 Å². The van der Waals surface area contributed by atoms with Gasteiger partial charge in [-0.15, -0.1) is 11.3 Å². The van der Waals surface area contributed by atoms with E-state index in [1.807, 2.05) is 6.07 Å². The summed E-state index contributed by atoms with van der Waals surface area (Å²) in [5.41, 5.74) is 1.47. The Labute approximate surface area is 107 Å². The lowest BCUT2D eigenvalue weighted by Gasteiger charge is -1.97. The highest BCUT2D eigenvalue weighted by Crippen LogP contribution is 2.22. The minimum absolute atomic E-state index is 0.180. The number of thiophene rings is 1. The van der Waals surface area contributed by atoms with E-state index in [0.29, 0.717) is 10.8 Å². The Hall–Kier alpha value is -1.72. The average Bonchev–Trinajstić information content (AvgIpc) is 2.85. The van der Waals surface area contributed by atoms with Gasteiger partial charge in [-0.2, -0.15) is 0 Å². The van der Waals surface area contributed by atoms with Gasteiger partial charge in [0.05, 0.1) is 0 Å². The molecule has 1 saturated heterocycles. The Balaban J connectivity index is 2.01. The molecule has 0 aliphatic carbocycles. The smallest absolute Gasteiger partial charge is 0.273 e. The number of thiocarbonyl (C=S) groups is 1. The molecular formula is C12H8N2OS2. The molecule has 3 nitrogen and oxygen atoms in total. The zero-order valence-electron chi connectivity index (χ0n) is 8.69. The van der Waals surface area contributed by atoms with Crippen molar-refractivity contribution in [1.29, 1.82) is 0 Å². The number of rotatable bonds is 1. The average molecular weight is 260 g/mol. The maximum atomic E-state index is 11.5. The summed E-state index contributed by atoms with van der Waals surface area (Å²) in [5.74, 6) is -0.180. The molecule has 1 aromatic carbocycles. The van der Waals surface area contributed by atoms with Crippen molar-refractivity contribution in [2.45, 2.75) is 0 Å². The van der Waals surface area contributed by atoms with E-state index < -0.39 is 0 Å². The van der Waals surface area contributed by atoms with Crippen LogP contribution in [0.15, 0.2) is 35.3 Å². The molecule has 17 heavy (non-hydrogen) atoms. The number of hydrogen-bond acceptors (Lipinski definition) is 3. The first-order valence-electron chi connectivity index (χ1n) is 5.04. The monoisotopic (exact) mass is 260 g/mol. The molecule has 0 spiro atoms. The zero-order valence-corrected chi connectivity index (χ0v) is 10.3. The second-order valence-electron chi connectivity index (χ2n) is 3.68. The highest BCUT2D eigenvalue weighted by molar-refractivity contribution is 7.80. The van der Waals surface area contributed by atoms with E-state index in [4.69, 9.17) is 12.2 Å². The molecule has 1 aliphatic rings. The molecule has 0 saturated carbocycles. The molecule has 0 radical (unpaired) electrons. The molecule has 3 rings (SSSR count). The third-order valence-electron chi connectivity index (χ3n) is 2.51. The van der Waals surface area contributed by atoms with Gasteiger partial charge in [0.25, 0.3) is 5.91 Å². The molecule has 0 bridgehead atoms. The molecule has 1 aromatic heterocycles. The summed E-state index contributed by atoms with van der Waals surface area (Å²) in [6.07, 6.45) is 1.80. The van der Waals surface area contributed by atoms with Crippen molar-refractivity contribution in [3.8, 4) is 0 Å². The van der Waals surface area contributed by atoms with Crippen molar-refractivity contribution in [2.75, 3.05) is 0 Å². The van der Waals surface area contributed by atoms with Crippen molar-refractivity contribution >= 4 is 50.7 Å². The van der Waals surface area contributed by atoms with Crippen LogP contribution in [0.25, 0.3) is 16.2 Å². The molecule has 2 aromatic rings. The van der Waals surface area contributed by atoms with Crippen LogP contribution in [0.1, 0.15) is 5.56 Å². The van der Waals surface area contributed by atoms with Gasteiger partial charge in [0.2, 0.25) is 0 Å². The van der Waals surface area contributed by atoms with Crippen LogP contribution in [0.5, 0.6) is 0 Å². The van der Waals surface area contributed by atoms with Crippen LogP contribution in [0.3, 0.4) is 0 Å². The van der Waals surface area contributed by atoms with E-state index in [0.717, 1.165) is 5.56 Å². The molecule has 2 heterocycles. The zero-order chi connectivity index (χ0) is 11.8. The minimum atomic E-state index is -0.180. The first-order chi connectivity index (χ1) is 8.22. The molecule has 1 fully saturated rings. The molecule has 5 heteroatoms. The lowest BCUT2D eigenvalue weighted by molar-refractivity contribution is -0.115. The lowest BCUT2D eigenvalue weighted by Crippen LogP contribution is -2.21. The minimum Gasteiger partial charge on any atom is -0.328 e. The van der Waals surface area contributed by atoms with Gasteiger partial charge in [-0.05, 0) is 52.8 Å². The Bertz CT molecular complexity index is 657. The van der Waals surface area contributed by atoms with Crippen molar-refractivity contribution < 1.29 is 4.79 Å². The number of benzene rings is 1. The summed E-state index contributed by atoms with van der Waals surface area (Å²) in [6, 6.07) is 8.16. The number of hydrogen-bond donors (Lipinski definition) is 2. The number of carbonyl (C=O) groups is 1. The summed E-state index contributed by atoms with van der Waals surface area (Å²) in [7, 11) is 0. The molecule has 84 valence electrons. The van der Waals surface area contributed by atoms with E-state index in [1.54, 1.807) is 17.4 Å². The van der Waals surface area contributed by atoms with E-state index in [-0.39, 0.29) is 5.91 Å². The van der Waals surface area contributed by atoms with Crippen LogP contribution in [0.4, 0.5) is 0 Å². The Morgan fingerprint density at radius 3 is 2.88 bits per heavy atom. The van der Waals surface area contributed by atoms with Gasteiger partial charge < -0.3 is 5.32 Å². The first-order valence-corrected chi connectivity index (χ1v) is 6.32. The standard InChI is InChI=1S/C12H8N2OS2/c15-11-9(13-12(16)14-11)6-7-1-2-10-8(5-7)3-4-17-10/h1-6H,(H2,13,14,15,16)/b9-6-. The summed E-state index contributed by atoms with van der Waals surface area (Å²) in [5, 5.41) is 8.96. The van der Waals surface area contributed by atoms with Crippen molar-refractivity contribution in [2.24, 2.45) is 0 Å². The molecule has 0 atom stereocenters. The van der Waals surface area contributed by atoms with Crippen LogP contribution in [-0.2, 0) is 4.79 Å². The SMILES string of the molecule is O=C1NC(=S)N/C1=C\c1ccc2sccc2c1. The maximum absolute atomic E-state index is 11.5. The maximum Gasteiger partial charge on any atom is 0.273 e. The molecule has 2 N–H and O–H groups in total. The predicted molar refractivity (Wildman–Crippen MR) is 73.7 cm³/mol. The number of fused-ring (bicyclic) bond motifs is 1. The lowest BCUT2D eigenvalue weighted by atomic mass is 10.1. The van der Waals surface area contributed by atoms with Gasteiger partial charge in [0.15, 0.2) is 5.11 Å². The Kier molecular flexibility index (Phi) is 2.42. The molecule has 1 amide bonds. The highest BCUT2D eigenvalue weighted by atomic mass is 32.1. The fraction of sp³-hybridized carbons (Fsp3) is 0. The van der Waals surface area contributed by atoms with Gasteiger partial charge in [-0.25, -0.2) is 0 Å². The van der Waals surface area contributed by atoms with Gasteiger partial charge in [0, 0.05) is 4.70 Å². The van der Waals surface area contributed by atoms with Crippen molar-refractivity contribution in [3.63, 3.8) is 0 Å². The van der Waals surface area contributed by atoms with Crippen LogP contribution in [0, 0.1) is 0 Å². The van der Waals surface area contributed by atoms with Crippen molar-refractivity contribution in [1.82, 2.24) is 10.6 Å². The van der Waals surface area contributed by atoms with Crippen LogP contribution < -0.4 is 10.6 Å². The largest absolute Gasteiger partial charge is 0.328 e. The van der Waals surface area contributed by atoms with Gasteiger partial charge in [0.1, 0.15) is 5.70 Å². The third kappa shape index (κ3) is 1.94. The summed E-state index contributed by atoms with van der Waals surface area (Å²) in [4.78, 5) is 11.5. The number of nitrogens with one attached hydrogen (secondary N) is 2. The van der Waals surface area contributed by atoms with Crippen LogP contribution in [-0.4, -0.2) is 11.0 Å². The van der Waals surface area contributed by atoms with E-state index in [2.05, 4.69) is 34.2 Å². The van der Waals surface area contributed by atoms with E-state index in [9.17, 15) is 4.79 Å². The molecule has 1 aliphatic heterocycles. The molecule has 0 unspecified atom stereocenters. The Morgan fingerprint density at radius 1 is 1.24 bits per heavy atom. The Morgan fingerprint density at radius 2 is 2.12 bits per heavy atom. The van der Waals surface area contributed by atoms with Gasteiger partial charge in [-0.1, -0.05) is 6.07 Å². The topological polar surface area (TPSA) is 41.1 Å². The highest BCUT2D eigenvalue weighted by Gasteiger charge is 2.19. The fourth-order valence-corrected chi connectivity index (χ4v) is 2.70. The fourth-order valence-electron chi connectivity index (χ4n) is 1.72. The predicted octanol–water partition coefficient (Wildman–Crippen LogP) is 2.25. The summed E-state index contributed by atoms with van der Waals surface area (Å²) >= 11 is 6.57.